The zero-order valence-electron chi connectivity index (χ0n) is 13.7. The second-order valence-electron chi connectivity index (χ2n) is 5.17. The van der Waals surface area contributed by atoms with Crippen LogP contribution < -0.4 is 10.6 Å². The molecule has 1 aromatic carbocycles. The van der Waals surface area contributed by atoms with Gasteiger partial charge in [-0.3, -0.25) is 19.7 Å². The number of imide groups is 1. The first-order valence-electron chi connectivity index (χ1n) is 7.76. The Kier molecular flexibility index (Phi) is 6.81. The predicted octanol–water partition coefficient (Wildman–Crippen LogP) is 1.29. The van der Waals surface area contributed by atoms with Crippen molar-refractivity contribution in [3.05, 3.63) is 35.9 Å². The van der Waals surface area contributed by atoms with Crippen molar-refractivity contribution in [2.75, 3.05) is 25.4 Å². The minimum Gasteiger partial charge on any atom is -0.446 e. The highest BCUT2D eigenvalue weighted by atomic mass is 32.2. The molecule has 0 aliphatic carbocycles. The molecule has 1 aliphatic rings. The first-order valence-corrected chi connectivity index (χ1v) is 8.74. The largest absolute Gasteiger partial charge is 0.446 e. The third-order valence-electron chi connectivity index (χ3n) is 3.33. The molecule has 1 aromatic rings. The maximum absolute atomic E-state index is 12.3. The summed E-state index contributed by atoms with van der Waals surface area (Å²) in [4.78, 5) is 49.0. The van der Waals surface area contributed by atoms with E-state index >= 15 is 0 Å². The van der Waals surface area contributed by atoms with E-state index in [2.05, 4.69) is 10.6 Å². The van der Waals surface area contributed by atoms with E-state index in [1.165, 1.54) is 4.90 Å². The summed E-state index contributed by atoms with van der Waals surface area (Å²) in [5.41, 5.74) is 0.430. The van der Waals surface area contributed by atoms with Crippen molar-refractivity contribution in [2.24, 2.45) is 0 Å². The number of nitrogens with zero attached hydrogens (tertiary/aromatic N) is 1. The van der Waals surface area contributed by atoms with E-state index in [-0.39, 0.29) is 11.8 Å². The summed E-state index contributed by atoms with van der Waals surface area (Å²) in [5, 5.41) is 4.38. The molecular weight excluding hydrogens is 346 g/mol. The van der Waals surface area contributed by atoms with Gasteiger partial charge in [0.1, 0.15) is 6.54 Å². The van der Waals surface area contributed by atoms with Crippen LogP contribution in [-0.4, -0.2) is 53.4 Å². The van der Waals surface area contributed by atoms with Crippen LogP contribution in [0.3, 0.4) is 0 Å². The number of thioether (sulfide) groups is 1. The number of benzene rings is 1. The fourth-order valence-electron chi connectivity index (χ4n) is 2.18. The number of amides is 4. The first-order chi connectivity index (χ1) is 12.0. The quantitative estimate of drug-likeness (QED) is 0.736. The molecule has 1 saturated heterocycles. The van der Waals surface area contributed by atoms with Crippen molar-refractivity contribution in [3.63, 3.8) is 0 Å². The van der Waals surface area contributed by atoms with Gasteiger partial charge in [-0.25, -0.2) is 4.79 Å². The van der Waals surface area contributed by atoms with Crippen LogP contribution in [0.15, 0.2) is 30.3 Å². The molecule has 1 atom stereocenters. The number of carbonyl (C=O) groups excluding carboxylic acids is 4. The molecular formula is C16H19N3O5S. The van der Waals surface area contributed by atoms with Gasteiger partial charge < -0.3 is 15.0 Å². The Bertz CT molecular complexity index is 652. The van der Waals surface area contributed by atoms with E-state index in [1.54, 1.807) is 37.3 Å². The second-order valence-corrected chi connectivity index (χ2v) is 6.21. The highest BCUT2D eigenvalue weighted by Crippen LogP contribution is 2.20. The molecule has 2 N–H and O–H groups in total. The SMILES string of the molecule is CCNC(=O)NC(=O)[C@H](OC(=O)CN1CCSC1=O)c1ccccc1. The Hall–Kier alpha value is -2.55. The van der Waals surface area contributed by atoms with Crippen LogP contribution in [-0.2, 0) is 14.3 Å². The Morgan fingerprint density at radius 1 is 1.28 bits per heavy atom. The number of carbonyl (C=O) groups is 4. The average molecular weight is 365 g/mol. The normalized spacial score (nSPS) is 14.8. The van der Waals surface area contributed by atoms with Crippen molar-refractivity contribution in [1.82, 2.24) is 15.5 Å². The van der Waals surface area contributed by atoms with Crippen LogP contribution in [0.2, 0.25) is 0 Å². The van der Waals surface area contributed by atoms with Crippen LogP contribution in [0.25, 0.3) is 0 Å². The fourth-order valence-corrected chi connectivity index (χ4v) is 3.00. The van der Waals surface area contributed by atoms with E-state index in [0.29, 0.717) is 24.4 Å². The van der Waals surface area contributed by atoms with E-state index in [9.17, 15) is 19.2 Å². The molecule has 4 amide bonds. The summed E-state index contributed by atoms with van der Waals surface area (Å²) in [6.45, 7) is 2.29. The molecule has 1 aliphatic heterocycles. The lowest BCUT2D eigenvalue weighted by Crippen LogP contribution is -2.43. The Morgan fingerprint density at radius 2 is 2.00 bits per heavy atom. The van der Waals surface area contributed by atoms with E-state index < -0.39 is 24.0 Å². The minimum atomic E-state index is -1.28. The van der Waals surface area contributed by atoms with Crippen molar-refractivity contribution in [1.29, 1.82) is 0 Å². The van der Waals surface area contributed by atoms with Gasteiger partial charge in [0.05, 0.1) is 0 Å². The standard InChI is InChI=1S/C16H19N3O5S/c1-2-17-15(22)18-14(21)13(11-6-4-3-5-7-11)24-12(20)10-19-8-9-25-16(19)23/h3-7,13H,2,8-10H2,1H3,(H2,17,18,21,22)/t13-/m1/s1. The maximum Gasteiger partial charge on any atom is 0.326 e. The number of urea groups is 1. The number of ether oxygens (including phenoxy) is 1. The molecule has 0 bridgehead atoms. The highest BCUT2D eigenvalue weighted by Gasteiger charge is 2.29. The topological polar surface area (TPSA) is 105 Å². The lowest BCUT2D eigenvalue weighted by molar-refractivity contribution is -0.156. The van der Waals surface area contributed by atoms with Gasteiger partial charge in [-0.2, -0.15) is 0 Å². The summed E-state index contributed by atoms with van der Waals surface area (Å²) < 4.78 is 5.25. The number of rotatable bonds is 6. The maximum atomic E-state index is 12.3. The van der Waals surface area contributed by atoms with Crippen molar-refractivity contribution >= 4 is 34.9 Å². The Balaban J connectivity index is 2.06. The number of esters is 1. The van der Waals surface area contributed by atoms with Crippen molar-refractivity contribution in [2.45, 2.75) is 13.0 Å². The van der Waals surface area contributed by atoms with Crippen LogP contribution in [0, 0.1) is 0 Å². The summed E-state index contributed by atoms with van der Waals surface area (Å²) in [7, 11) is 0. The van der Waals surface area contributed by atoms with Crippen LogP contribution >= 0.6 is 11.8 Å². The minimum absolute atomic E-state index is 0.194. The lowest BCUT2D eigenvalue weighted by Gasteiger charge is -2.20. The zero-order valence-corrected chi connectivity index (χ0v) is 14.5. The van der Waals surface area contributed by atoms with Gasteiger partial charge in [0.2, 0.25) is 6.10 Å². The van der Waals surface area contributed by atoms with Crippen LogP contribution in [0.5, 0.6) is 0 Å². The summed E-state index contributed by atoms with van der Waals surface area (Å²) >= 11 is 1.13. The molecule has 0 aromatic heterocycles. The molecule has 2 rings (SSSR count). The average Bonchev–Trinajstić information content (AvgIpc) is 2.98. The summed E-state index contributed by atoms with van der Waals surface area (Å²) in [6, 6.07) is 7.70. The van der Waals surface area contributed by atoms with Gasteiger partial charge in [0.15, 0.2) is 0 Å². The molecule has 1 fully saturated rings. The summed E-state index contributed by atoms with van der Waals surface area (Å²) in [5.74, 6) is -0.852. The molecule has 0 radical (unpaired) electrons. The molecule has 9 heteroatoms. The van der Waals surface area contributed by atoms with Crippen molar-refractivity contribution in [3.8, 4) is 0 Å². The molecule has 1 heterocycles. The van der Waals surface area contributed by atoms with Crippen molar-refractivity contribution < 1.29 is 23.9 Å². The van der Waals surface area contributed by atoms with Gasteiger partial charge in [0.25, 0.3) is 11.1 Å². The number of hydrogen-bond donors (Lipinski definition) is 2. The molecule has 0 spiro atoms. The second kappa shape index (κ2) is 9.07. The first kappa shape index (κ1) is 18.8. The third-order valence-corrected chi connectivity index (χ3v) is 4.22. The Labute approximate surface area is 149 Å². The van der Waals surface area contributed by atoms with E-state index in [1.807, 2.05) is 0 Å². The predicted molar refractivity (Wildman–Crippen MR) is 91.9 cm³/mol. The van der Waals surface area contributed by atoms with E-state index in [4.69, 9.17) is 4.74 Å². The zero-order chi connectivity index (χ0) is 18.2. The monoisotopic (exact) mass is 365 g/mol. The van der Waals surface area contributed by atoms with Crippen LogP contribution in [0.4, 0.5) is 9.59 Å². The third kappa shape index (κ3) is 5.49. The lowest BCUT2D eigenvalue weighted by atomic mass is 10.1. The highest BCUT2D eigenvalue weighted by molar-refractivity contribution is 8.13. The summed E-state index contributed by atoms with van der Waals surface area (Å²) in [6.07, 6.45) is -1.28. The fraction of sp³-hybridized carbons (Fsp3) is 0.375. The molecule has 134 valence electrons. The number of nitrogens with one attached hydrogen (secondary N) is 2. The van der Waals surface area contributed by atoms with Gasteiger partial charge >= 0.3 is 12.0 Å². The van der Waals surface area contributed by atoms with Crippen LogP contribution in [0.1, 0.15) is 18.6 Å². The van der Waals surface area contributed by atoms with Gasteiger partial charge in [0, 0.05) is 24.4 Å². The van der Waals surface area contributed by atoms with Gasteiger partial charge in [-0.15, -0.1) is 0 Å². The Morgan fingerprint density at radius 3 is 2.60 bits per heavy atom. The number of hydrogen-bond acceptors (Lipinski definition) is 6. The van der Waals surface area contributed by atoms with Gasteiger partial charge in [-0.05, 0) is 6.92 Å². The van der Waals surface area contributed by atoms with Gasteiger partial charge in [-0.1, -0.05) is 42.1 Å². The smallest absolute Gasteiger partial charge is 0.326 e. The van der Waals surface area contributed by atoms with E-state index in [0.717, 1.165) is 11.8 Å². The molecule has 25 heavy (non-hydrogen) atoms. The molecule has 0 saturated carbocycles. The molecule has 8 nitrogen and oxygen atoms in total. The molecule has 0 unspecified atom stereocenters.